The first-order valence-electron chi connectivity index (χ1n) is 9.14. The molecule has 0 unspecified atom stereocenters. The predicted molar refractivity (Wildman–Crippen MR) is 102 cm³/mol. The van der Waals surface area contributed by atoms with Crippen LogP contribution in [-0.2, 0) is 14.3 Å². The van der Waals surface area contributed by atoms with Gasteiger partial charge < -0.3 is 14.2 Å². The molecule has 0 saturated heterocycles. The highest BCUT2D eigenvalue weighted by atomic mass is 35.5. The Morgan fingerprint density at radius 2 is 1.93 bits per heavy atom. The van der Waals surface area contributed by atoms with Gasteiger partial charge in [0.2, 0.25) is 0 Å². The van der Waals surface area contributed by atoms with Gasteiger partial charge in [-0.25, -0.2) is 0 Å². The Balaban J connectivity index is 1.76. The normalized spacial score (nSPS) is 13.1. The maximum atomic E-state index is 12.1. The number of ether oxygens (including phenoxy) is 3. The molecule has 1 aromatic heterocycles. The first-order valence-corrected chi connectivity index (χ1v) is 9.52. The molecule has 28 heavy (non-hydrogen) atoms. The van der Waals surface area contributed by atoms with Crippen LogP contribution in [0.4, 0.5) is 0 Å². The molecule has 0 spiro atoms. The van der Waals surface area contributed by atoms with Crippen LogP contribution in [0.5, 0.6) is 17.4 Å². The fourth-order valence-corrected chi connectivity index (χ4v) is 2.86. The van der Waals surface area contributed by atoms with Gasteiger partial charge >= 0.3 is 11.9 Å². The molecule has 1 fully saturated rings. The standard InChI is InChI=1S/C20H21ClN2O5/c1-3-26-17(24)9-10-18(25)27-15-11-16(21)22-23-20(15)28-19-12(2)5-4-6-14(19)13-7-8-13/h4-6,11,13H,3,7-10H2,1-2H3. The number of hydrogen-bond donors (Lipinski definition) is 0. The third-order valence-electron chi connectivity index (χ3n) is 4.22. The molecular weight excluding hydrogens is 384 g/mol. The van der Waals surface area contributed by atoms with Crippen molar-refractivity contribution in [3.63, 3.8) is 0 Å². The highest BCUT2D eigenvalue weighted by Gasteiger charge is 2.28. The molecule has 0 aliphatic heterocycles. The van der Waals surface area contributed by atoms with Gasteiger partial charge in [0.1, 0.15) is 5.75 Å². The molecule has 1 aliphatic carbocycles. The largest absolute Gasteiger partial charge is 0.466 e. The second-order valence-corrected chi connectivity index (χ2v) is 6.87. The van der Waals surface area contributed by atoms with E-state index in [2.05, 4.69) is 10.2 Å². The molecule has 0 atom stereocenters. The van der Waals surface area contributed by atoms with Gasteiger partial charge in [0.15, 0.2) is 10.9 Å². The van der Waals surface area contributed by atoms with E-state index in [0.29, 0.717) is 11.7 Å². The van der Waals surface area contributed by atoms with Gasteiger partial charge in [-0.15, -0.1) is 10.2 Å². The van der Waals surface area contributed by atoms with Crippen molar-refractivity contribution in [1.82, 2.24) is 10.2 Å². The number of esters is 2. The van der Waals surface area contributed by atoms with Gasteiger partial charge in [-0.1, -0.05) is 29.8 Å². The summed E-state index contributed by atoms with van der Waals surface area (Å²) in [6.45, 7) is 3.90. The van der Waals surface area contributed by atoms with Gasteiger partial charge in [-0.3, -0.25) is 9.59 Å². The quantitative estimate of drug-likeness (QED) is 0.604. The Morgan fingerprint density at radius 1 is 1.18 bits per heavy atom. The van der Waals surface area contributed by atoms with E-state index in [1.165, 1.54) is 6.07 Å². The lowest BCUT2D eigenvalue weighted by Gasteiger charge is -2.14. The molecule has 8 heteroatoms. The minimum Gasteiger partial charge on any atom is -0.466 e. The summed E-state index contributed by atoms with van der Waals surface area (Å²) in [6.07, 6.45) is 2.03. The minimum atomic E-state index is -0.617. The number of carbonyl (C=O) groups excluding carboxylic acids is 2. The summed E-state index contributed by atoms with van der Waals surface area (Å²) in [5.41, 5.74) is 2.04. The molecule has 1 saturated carbocycles. The molecule has 0 bridgehead atoms. The van der Waals surface area contributed by atoms with Crippen molar-refractivity contribution in [3.05, 3.63) is 40.5 Å². The second-order valence-electron chi connectivity index (χ2n) is 6.49. The van der Waals surface area contributed by atoms with E-state index in [1.54, 1.807) is 6.92 Å². The zero-order chi connectivity index (χ0) is 20.1. The Morgan fingerprint density at radius 3 is 2.64 bits per heavy atom. The van der Waals surface area contributed by atoms with Crippen molar-refractivity contribution < 1.29 is 23.8 Å². The predicted octanol–water partition coefficient (Wildman–Crippen LogP) is 4.36. The molecule has 3 rings (SSSR count). The molecule has 1 heterocycles. The van der Waals surface area contributed by atoms with Gasteiger partial charge in [0, 0.05) is 6.07 Å². The zero-order valence-electron chi connectivity index (χ0n) is 15.7. The monoisotopic (exact) mass is 404 g/mol. The average molecular weight is 405 g/mol. The molecule has 0 N–H and O–H groups in total. The van der Waals surface area contributed by atoms with E-state index in [0.717, 1.165) is 24.0 Å². The molecule has 148 valence electrons. The number of para-hydroxylation sites is 1. The number of aromatic nitrogens is 2. The van der Waals surface area contributed by atoms with E-state index in [4.69, 9.17) is 25.8 Å². The van der Waals surface area contributed by atoms with Crippen LogP contribution in [-0.4, -0.2) is 28.7 Å². The van der Waals surface area contributed by atoms with Crippen LogP contribution in [0.2, 0.25) is 5.15 Å². The highest BCUT2D eigenvalue weighted by Crippen LogP contribution is 2.46. The fourth-order valence-electron chi connectivity index (χ4n) is 2.72. The molecule has 1 aromatic carbocycles. The van der Waals surface area contributed by atoms with Crippen molar-refractivity contribution in [3.8, 4) is 17.4 Å². The van der Waals surface area contributed by atoms with Crippen molar-refractivity contribution >= 4 is 23.5 Å². The zero-order valence-corrected chi connectivity index (χ0v) is 16.5. The van der Waals surface area contributed by atoms with Crippen LogP contribution in [0, 0.1) is 6.92 Å². The average Bonchev–Trinajstić information content (AvgIpc) is 3.49. The highest BCUT2D eigenvalue weighted by molar-refractivity contribution is 6.29. The topological polar surface area (TPSA) is 87.6 Å². The van der Waals surface area contributed by atoms with E-state index in [9.17, 15) is 9.59 Å². The summed E-state index contributed by atoms with van der Waals surface area (Å²) in [5, 5.41) is 7.79. The number of benzene rings is 1. The molecule has 2 aromatic rings. The number of halogens is 1. The Hall–Kier alpha value is -2.67. The van der Waals surface area contributed by atoms with Crippen LogP contribution >= 0.6 is 11.6 Å². The summed E-state index contributed by atoms with van der Waals surface area (Å²) in [4.78, 5) is 23.5. The SMILES string of the molecule is CCOC(=O)CCC(=O)Oc1cc(Cl)nnc1Oc1c(C)cccc1C1CC1. The summed E-state index contributed by atoms with van der Waals surface area (Å²) >= 11 is 5.90. The summed E-state index contributed by atoms with van der Waals surface area (Å²) in [6, 6.07) is 7.31. The van der Waals surface area contributed by atoms with Gasteiger partial charge in [-0.2, -0.15) is 0 Å². The summed E-state index contributed by atoms with van der Waals surface area (Å²) < 4.78 is 16.1. The number of carbonyl (C=O) groups is 2. The maximum absolute atomic E-state index is 12.1. The van der Waals surface area contributed by atoms with E-state index < -0.39 is 11.9 Å². The molecule has 0 radical (unpaired) electrons. The Labute approximate surface area is 168 Å². The molecular formula is C20H21ClN2O5. The fraction of sp³-hybridized carbons (Fsp3) is 0.400. The van der Waals surface area contributed by atoms with Gasteiger partial charge in [-0.05, 0) is 43.7 Å². The van der Waals surface area contributed by atoms with Crippen LogP contribution in [0.1, 0.15) is 49.7 Å². The second kappa shape index (κ2) is 9.01. The van der Waals surface area contributed by atoms with Crippen molar-refractivity contribution in [2.24, 2.45) is 0 Å². The Bertz CT molecular complexity index is 883. The number of rotatable bonds is 8. The van der Waals surface area contributed by atoms with Crippen molar-refractivity contribution in [2.45, 2.75) is 45.4 Å². The lowest BCUT2D eigenvalue weighted by atomic mass is 10.1. The van der Waals surface area contributed by atoms with E-state index in [1.807, 2.05) is 25.1 Å². The lowest BCUT2D eigenvalue weighted by molar-refractivity contribution is -0.146. The smallest absolute Gasteiger partial charge is 0.311 e. The van der Waals surface area contributed by atoms with Crippen LogP contribution in [0.15, 0.2) is 24.3 Å². The minimum absolute atomic E-state index is 0.0464. The van der Waals surface area contributed by atoms with E-state index in [-0.39, 0.29) is 36.2 Å². The lowest BCUT2D eigenvalue weighted by Crippen LogP contribution is -2.13. The molecule has 7 nitrogen and oxygen atoms in total. The summed E-state index contributed by atoms with van der Waals surface area (Å²) in [7, 11) is 0. The van der Waals surface area contributed by atoms with Gasteiger partial charge in [0.25, 0.3) is 5.88 Å². The van der Waals surface area contributed by atoms with Crippen LogP contribution in [0.3, 0.4) is 0 Å². The number of nitrogens with zero attached hydrogens (tertiary/aromatic N) is 2. The Kier molecular flexibility index (Phi) is 6.46. The van der Waals surface area contributed by atoms with Gasteiger partial charge in [0.05, 0.1) is 19.4 Å². The van der Waals surface area contributed by atoms with Crippen molar-refractivity contribution in [2.75, 3.05) is 6.61 Å². The number of aryl methyl sites for hydroxylation is 1. The summed E-state index contributed by atoms with van der Waals surface area (Å²) in [5.74, 6) is 0.171. The van der Waals surface area contributed by atoms with Crippen LogP contribution in [0.25, 0.3) is 0 Å². The van der Waals surface area contributed by atoms with E-state index >= 15 is 0 Å². The van der Waals surface area contributed by atoms with Crippen LogP contribution < -0.4 is 9.47 Å². The number of hydrogen-bond acceptors (Lipinski definition) is 7. The third kappa shape index (κ3) is 5.19. The van der Waals surface area contributed by atoms with Crippen molar-refractivity contribution in [1.29, 1.82) is 0 Å². The third-order valence-corrected chi connectivity index (χ3v) is 4.40. The molecule has 1 aliphatic rings. The first kappa shape index (κ1) is 20.1. The first-order chi connectivity index (χ1) is 13.5. The molecule has 0 amide bonds. The maximum Gasteiger partial charge on any atom is 0.311 e.